The van der Waals surface area contributed by atoms with Gasteiger partial charge in [-0.2, -0.15) is 0 Å². The highest BCUT2D eigenvalue weighted by atomic mass is 19.1. The van der Waals surface area contributed by atoms with Gasteiger partial charge < -0.3 is 13.9 Å². The van der Waals surface area contributed by atoms with Gasteiger partial charge in [-0.3, -0.25) is 0 Å². The van der Waals surface area contributed by atoms with Crippen LogP contribution in [0.5, 0.6) is 0 Å². The second-order valence-electron chi connectivity index (χ2n) is 6.10. The van der Waals surface area contributed by atoms with Crippen molar-refractivity contribution >= 4 is 13.2 Å². The van der Waals surface area contributed by atoms with Gasteiger partial charge in [0.2, 0.25) is 0 Å². The molecule has 0 aliphatic carbocycles. The van der Waals surface area contributed by atoms with Crippen molar-refractivity contribution in [1.82, 2.24) is 9.55 Å². The smallest absolute Gasteiger partial charge is 0.398 e. The van der Waals surface area contributed by atoms with Gasteiger partial charge in [0, 0.05) is 25.0 Å². The zero-order chi connectivity index (χ0) is 15.0. The van der Waals surface area contributed by atoms with E-state index in [-0.39, 0.29) is 0 Å². The molecule has 20 heavy (non-hydrogen) atoms. The van der Waals surface area contributed by atoms with Crippen molar-refractivity contribution in [1.29, 1.82) is 0 Å². The monoisotopic (exact) mass is 280 g/mol. The van der Waals surface area contributed by atoms with Gasteiger partial charge in [-0.05, 0) is 34.1 Å². The highest BCUT2D eigenvalue weighted by molar-refractivity contribution is 6.54. The SMILES string of the molecule is CCCn1ccnc1C=C(F)B1OC(C)(C)C(C)(C)O1. The van der Waals surface area contributed by atoms with Gasteiger partial charge in [0.25, 0.3) is 0 Å². The van der Waals surface area contributed by atoms with Crippen LogP contribution in [0.2, 0.25) is 0 Å². The maximum Gasteiger partial charge on any atom is 0.525 e. The summed E-state index contributed by atoms with van der Waals surface area (Å²) in [6.07, 6.45) is 5.86. The lowest BCUT2D eigenvalue weighted by molar-refractivity contribution is 0.00578. The van der Waals surface area contributed by atoms with Gasteiger partial charge in [-0.25, -0.2) is 9.37 Å². The molecule has 4 nitrogen and oxygen atoms in total. The van der Waals surface area contributed by atoms with Crippen LogP contribution in [0.3, 0.4) is 0 Å². The maximum absolute atomic E-state index is 14.3. The normalized spacial score (nSPS) is 21.5. The number of aryl methyl sites for hydroxylation is 1. The molecule has 0 radical (unpaired) electrons. The average Bonchev–Trinajstić information content (AvgIpc) is 2.83. The zero-order valence-corrected chi connectivity index (χ0v) is 12.8. The third kappa shape index (κ3) is 2.81. The Morgan fingerprint density at radius 1 is 1.35 bits per heavy atom. The first-order valence-electron chi connectivity index (χ1n) is 7.00. The third-order valence-electron chi connectivity index (χ3n) is 3.96. The van der Waals surface area contributed by atoms with Crippen molar-refractivity contribution < 1.29 is 13.7 Å². The van der Waals surface area contributed by atoms with E-state index in [1.165, 1.54) is 6.08 Å². The molecule has 1 fully saturated rings. The number of aromatic nitrogens is 2. The molecule has 2 heterocycles. The summed E-state index contributed by atoms with van der Waals surface area (Å²) in [4.78, 5) is 4.15. The summed E-state index contributed by atoms with van der Waals surface area (Å²) >= 11 is 0. The van der Waals surface area contributed by atoms with E-state index in [9.17, 15) is 4.39 Å². The fourth-order valence-corrected chi connectivity index (χ4v) is 2.04. The van der Waals surface area contributed by atoms with Crippen LogP contribution in [-0.2, 0) is 15.9 Å². The molecule has 1 aliphatic heterocycles. The van der Waals surface area contributed by atoms with Gasteiger partial charge in [0.05, 0.1) is 11.2 Å². The molecular weight excluding hydrogens is 258 g/mol. The van der Waals surface area contributed by atoms with Gasteiger partial charge >= 0.3 is 7.12 Å². The molecule has 0 N–H and O–H groups in total. The van der Waals surface area contributed by atoms with Crippen LogP contribution in [-0.4, -0.2) is 27.9 Å². The minimum atomic E-state index is -0.966. The minimum Gasteiger partial charge on any atom is -0.398 e. The Bertz CT molecular complexity index is 495. The summed E-state index contributed by atoms with van der Waals surface area (Å²) < 4.78 is 27.6. The van der Waals surface area contributed by atoms with Gasteiger partial charge in [0.1, 0.15) is 11.6 Å². The van der Waals surface area contributed by atoms with Crippen molar-refractivity contribution in [3.63, 3.8) is 0 Å². The Labute approximate surface area is 120 Å². The Morgan fingerprint density at radius 3 is 2.50 bits per heavy atom. The fourth-order valence-electron chi connectivity index (χ4n) is 2.04. The summed E-state index contributed by atoms with van der Waals surface area (Å²) in [5.74, 6) is 0.582. The van der Waals surface area contributed by atoms with Crippen molar-refractivity contribution in [3.05, 3.63) is 23.9 Å². The van der Waals surface area contributed by atoms with E-state index in [2.05, 4.69) is 11.9 Å². The Kier molecular flexibility index (Phi) is 4.07. The summed E-state index contributed by atoms with van der Waals surface area (Å²) in [7, 11) is -0.966. The van der Waals surface area contributed by atoms with Gasteiger partial charge in [-0.15, -0.1) is 0 Å². The quantitative estimate of drug-likeness (QED) is 0.794. The number of halogens is 1. The topological polar surface area (TPSA) is 36.3 Å². The zero-order valence-electron chi connectivity index (χ0n) is 12.8. The van der Waals surface area contributed by atoms with Gasteiger partial charge in [0.15, 0.2) is 0 Å². The van der Waals surface area contributed by atoms with E-state index in [0.717, 1.165) is 13.0 Å². The maximum atomic E-state index is 14.3. The van der Waals surface area contributed by atoms with Crippen molar-refractivity contribution in [2.45, 2.75) is 58.8 Å². The Hall–Kier alpha value is -1.14. The predicted octanol–water partition coefficient (Wildman–Crippen LogP) is 3.23. The lowest BCUT2D eigenvalue weighted by Crippen LogP contribution is -2.41. The van der Waals surface area contributed by atoms with E-state index in [4.69, 9.17) is 9.31 Å². The molecule has 0 amide bonds. The molecule has 110 valence electrons. The minimum absolute atomic E-state index is 0.452. The second kappa shape index (κ2) is 5.33. The molecule has 0 unspecified atom stereocenters. The second-order valence-corrected chi connectivity index (χ2v) is 6.10. The van der Waals surface area contributed by atoms with Crippen LogP contribution in [0.4, 0.5) is 4.39 Å². The summed E-state index contributed by atoms with van der Waals surface area (Å²) in [6.45, 7) is 10.5. The molecule has 0 bridgehead atoms. The first-order chi connectivity index (χ1) is 9.27. The van der Waals surface area contributed by atoms with Gasteiger partial charge in [-0.1, -0.05) is 6.92 Å². The van der Waals surface area contributed by atoms with E-state index in [1.807, 2.05) is 38.5 Å². The standard InChI is InChI=1S/C14H22BFN2O2/c1-6-8-18-9-7-17-12(18)10-11(16)15-19-13(2,3)14(4,5)20-15/h7,9-10H,6,8H2,1-5H3. The number of rotatable bonds is 4. The molecule has 1 saturated heterocycles. The molecule has 0 atom stereocenters. The van der Waals surface area contributed by atoms with Crippen LogP contribution >= 0.6 is 0 Å². The van der Waals surface area contributed by atoms with E-state index in [1.54, 1.807) is 6.20 Å². The molecule has 6 heteroatoms. The van der Waals surface area contributed by atoms with Crippen molar-refractivity contribution in [3.8, 4) is 0 Å². The fraction of sp³-hybridized carbons (Fsp3) is 0.643. The number of nitrogens with zero attached hydrogens (tertiary/aromatic N) is 2. The molecular formula is C14H22BFN2O2. The van der Waals surface area contributed by atoms with E-state index >= 15 is 0 Å². The summed E-state index contributed by atoms with van der Waals surface area (Å²) in [5, 5.41) is 0. The number of imidazole rings is 1. The first kappa shape index (κ1) is 15.3. The lowest BCUT2D eigenvalue weighted by atomic mass is 9.87. The summed E-state index contributed by atoms with van der Waals surface area (Å²) in [5.41, 5.74) is -1.53. The van der Waals surface area contributed by atoms with Crippen LogP contribution in [0, 0.1) is 0 Å². The molecule has 0 aromatic carbocycles. The number of hydrogen-bond donors (Lipinski definition) is 0. The number of hydrogen-bond acceptors (Lipinski definition) is 3. The van der Waals surface area contributed by atoms with Crippen molar-refractivity contribution in [2.75, 3.05) is 0 Å². The molecule has 1 aromatic rings. The average molecular weight is 280 g/mol. The largest absolute Gasteiger partial charge is 0.525 e. The molecule has 0 saturated carbocycles. The molecule has 0 spiro atoms. The molecule has 1 aromatic heterocycles. The van der Waals surface area contributed by atoms with Crippen LogP contribution in [0.15, 0.2) is 18.1 Å². The van der Waals surface area contributed by atoms with E-state index in [0.29, 0.717) is 5.82 Å². The molecule has 1 aliphatic rings. The van der Waals surface area contributed by atoms with Crippen LogP contribution in [0.1, 0.15) is 46.9 Å². The molecule has 2 rings (SSSR count). The van der Waals surface area contributed by atoms with Crippen LogP contribution in [0.25, 0.3) is 6.08 Å². The third-order valence-corrected chi connectivity index (χ3v) is 3.96. The Morgan fingerprint density at radius 2 is 1.95 bits per heavy atom. The highest BCUT2D eigenvalue weighted by Crippen LogP contribution is 2.38. The first-order valence-corrected chi connectivity index (χ1v) is 7.00. The van der Waals surface area contributed by atoms with Crippen LogP contribution < -0.4 is 0 Å². The lowest BCUT2D eigenvalue weighted by Gasteiger charge is -2.32. The highest BCUT2D eigenvalue weighted by Gasteiger charge is 2.53. The van der Waals surface area contributed by atoms with E-state index < -0.39 is 24.0 Å². The Balaban J connectivity index is 2.18. The summed E-state index contributed by atoms with van der Waals surface area (Å²) in [6, 6.07) is 0. The van der Waals surface area contributed by atoms with Crippen molar-refractivity contribution in [2.24, 2.45) is 0 Å². The predicted molar refractivity (Wildman–Crippen MR) is 77.7 cm³/mol.